The Balaban J connectivity index is 1.11. The number of aromatic nitrogens is 2. The van der Waals surface area contributed by atoms with E-state index >= 15 is 0 Å². The molecule has 256 valence electrons. The van der Waals surface area contributed by atoms with Gasteiger partial charge in [-0.3, -0.25) is 0 Å². The molecule has 3 aliphatic rings. The van der Waals surface area contributed by atoms with Crippen LogP contribution in [0.15, 0.2) is 194 Å². The molecule has 55 heavy (non-hydrogen) atoms. The van der Waals surface area contributed by atoms with Crippen LogP contribution in [-0.2, 0) is 10.8 Å². The molecule has 3 aliphatic carbocycles. The van der Waals surface area contributed by atoms with Gasteiger partial charge in [-0.25, -0.2) is 0 Å². The highest BCUT2D eigenvalue weighted by Crippen LogP contribution is 2.69. The first-order valence-corrected chi connectivity index (χ1v) is 19.7. The molecular weight excluding hydrogens is 685 g/mol. The van der Waals surface area contributed by atoms with E-state index in [9.17, 15) is 0 Å². The predicted octanol–water partition coefficient (Wildman–Crippen LogP) is 12.6. The molecule has 0 fully saturated rings. The SMILES string of the molecule is c1ccc(-c2nnc(-c3ccc(-c4cccc5c4-c4ccccc4C54c5ccccc5C5(c6ccccc6)c6ccccc6-c6cccc4c65)cc3)s2)cc1. The number of hydrogen-bond acceptors (Lipinski definition) is 3. The fourth-order valence-corrected chi connectivity index (χ4v) is 11.2. The van der Waals surface area contributed by atoms with Crippen LogP contribution in [0.5, 0.6) is 0 Å². The standard InChI is InChI=1S/C52H32N2S/c1-3-15-34(16-4-1)49-53-54-50(55-49)35-31-29-33(30-32-35)37-21-13-27-45-47(37)40-20-8-10-24-42(40)52(45)44-26-12-11-25-43(44)51(36-17-5-2-6-18-36)41-23-9-7-19-38(41)39-22-14-28-46(52)48(39)51/h1-32H. The Bertz CT molecular complexity index is 2980. The van der Waals surface area contributed by atoms with E-state index < -0.39 is 10.8 Å². The lowest BCUT2D eigenvalue weighted by atomic mass is 9.52. The van der Waals surface area contributed by atoms with Gasteiger partial charge in [0.1, 0.15) is 10.0 Å². The maximum absolute atomic E-state index is 4.58. The summed E-state index contributed by atoms with van der Waals surface area (Å²) in [6.45, 7) is 0. The summed E-state index contributed by atoms with van der Waals surface area (Å²) < 4.78 is 0. The lowest BCUT2D eigenvalue weighted by molar-refractivity contribution is 0.636. The maximum Gasteiger partial charge on any atom is 0.148 e. The van der Waals surface area contributed by atoms with E-state index in [1.165, 1.54) is 77.9 Å². The molecule has 2 unspecified atom stereocenters. The van der Waals surface area contributed by atoms with Crippen LogP contribution in [0.3, 0.4) is 0 Å². The zero-order chi connectivity index (χ0) is 36.1. The van der Waals surface area contributed by atoms with Gasteiger partial charge in [-0.15, -0.1) is 10.2 Å². The molecule has 0 bridgehead atoms. The topological polar surface area (TPSA) is 25.8 Å². The largest absolute Gasteiger partial charge is 0.148 e. The van der Waals surface area contributed by atoms with E-state index in [4.69, 9.17) is 0 Å². The third-order valence-corrected chi connectivity index (χ3v) is 13.4. The zero-order valence-electron chi connectivity index (χ0n) is 29.8. The Labute approximate surface area is 324 Å². The van der Waals surface area contributed by atoms with Crippen molar-refractivity contribution in [2.45, 2.75) is 10.8 Å². The van der Waals surface area contributed by atoms with Gasteiger partial charge >= 0.3 is 0 Å². The number of fused-ring (bicyclic) bond motifs is 12. The number of benzene rings is 8. The first-order chi connectivity index (χ1) is 27.3. The smallest absolute Gasteiger partial charge is 0.138 e. The Morgan fingerprint density at radius 3 is 1.49 bits per heavy atom. The van der Waals surface area contributed by atoms with Crippen LogP contribution < -0.4 is 0 Å². The fourth-order valence-electron chi connectivity index (χ4n) is 10.4. The van der Waals surface area contributed by atoms with Crippen molar-refractivity contribution in [3.8, 4) is 54.5 Å². The van der Waals surface area contributed by atoms with Gasteiger partial charge in [-0.1, -0.05) is 205 Å². The third kappa shape index (κ3) is 3.93. The van der Waals surface area contributed by atoms with Crippen molar-refractivity contribution in [2.24, 2.45) is 0 Å². The maximum atomic E-state index is 4.58. The monoisotopic (exact) mass is 716 g/mol. The van der Waals surface area contributed by atoms with Gasteiger partial charge < -0.3 is 0 Å². The summed E-state index contributed by atoms with van der Waals surface area (Å²) in [5, 5.41) is 11.0. The van der Waals surface area contributed by atoms with Gasteiger partial charge in [0.05, 0.1) is 10.8 Å². The molecule has 0 saturated heterocycles. The summed E-state index contributed by atoms with van der Waals surface area (Å²) in [4.78, 5) is 0. The van der Waals surface area contributed by atoms with Crippen molar-refractivity contribution >= 4 is 11.3 Å². The minimum Gasteiger partial charge on any atom is -0.138 e. The molecule has 0 saturated carbocycles. The molecule has 2 atom stereocenters. The van der Waals surface area contributed by atoms with E-state index in [2.05, 4.69) is 186 Å². The van der Waals surface area contributed by atoms with E-state index in [0.717, 1.165) is 21.1 Å². The zero-order valence-corrected chi connectivity index (χ0v) is 30.6. The molecule has 1 aromatic heterocycles. The second-order valence-electron chi connectivity index (χ2n) is 14.8. The second-order valence-corrected chi connectivity index (χ2v) is 15.8. The summed E-state index contributed by atoms with van der Waals surface area (Å²) in [6, 6.07) is 72.0. The highest BCUT2D eigenvalue weighted by atomic mass is 32.1. The van der Waals surface area contributed by atoms with Crippen molar-refractivity contribution < 1.29 is 0 Å². The van der Waals surface area contributed by atoms with Gasteiger partial charge in [-0.2, -0.15) is 0 Å². The van der Waals surface area contributed by atoms with Crippen LogP contribution >= 0.6 is 11.3 Å². The predicted molar refractivity (Wildman–Crippen MR) is 224 cm³/mol. The van der Waals surface area contributed by atoms with Crippen molar-refractivity contribution in [3.63, 3.8) is 0 Å². The van der Waals surface area contributed by atoms with Crippen LogP contribution in [0.1, 0.15) is 44.5 Å². The normalized spacial score (nSPS) is 18.0. The molecule has 9 aromatic rings. The summed E-state index contributed by atoms with van der Waals surface area (Å²) in [5.74, 6) is 0. The molecule has 0 N–H and O–H groups in total. The van der Waals surface area contributed by atoms with Gasteiger partial charge in [-0.05, 0) is 77.9 Å². The fraction of sp³-hybridized carbons (Fsp3) is 0.0385. The average molecular weight is 717 g/mol. The lowest BCUT2D eigenvalue weighted by Crippen LogP contribution is -2.43. The minimum absolute atomic E-state index is 0.443. The van der Waals surface area contributed by atoms with Crippen molar-refractivity contribution in [3.05, 3.63) is 239 Å². The summed E-state index contributed by atoms with van der Waals surface area (Å²) in [5.41, 5.74) is 19.7. The van der Waals surface area contributed by atoms with E-state index in [-0.39, 0.29) is 0 Å². The van der Waals surface area contributed by atoms with Crippen molar-refractivity contribution in [1.82, 2.24) is 10.2 Å². The molecule has 3 heteroatoms. The molecule has 12 rings (SSSR count). The number of nitrogens with zero attached hydrogens (tertiary/aromatic N) is 2. The van der Waals surface area contributed by atoms with Gasteiger partial charge in [0.2, 0.25) is 0 Å². The summed E-state index contributed by atoms with van der Waals surface area (Å²) >= 11 is 1.63. The molecule has 0 aliphatic heterocycles. The van der Waals surface area contributed by atoms with Crippen molar-refractivity contribution in [1.29, 1.82) is 0 Å². The van der Waals surface area contributed by atoms with Crippen molar-refractivity contribution in [2.75, 3.05) is 0 Å². The highest BCUT2D eigenvalue weighted by Gasteiger charge is 2.59. The Morgan fingerprint density at radius 2 is 0.782 bits per heavy atom. The van der Waals surface area contributed by atoms with E-state index in [1.807, 2.05) is 18.2 Å². The second kappa shape index (κ2) is 11.4. The lowest BCUT2D eigenvalue weighted by Gasteiger charge is -2.48. The number of hydrogen-bond donors (Lipinski definition) is 0. The molecule has 8 aromatic carbocycles. The van der Waals surface area contributed by atoms with E-state index in [0.29, 0.717) is 0 Å². The van der Waals surface area contributed by atoms with Gasteiger partial charge in [0, 0.05) is 11.1 Å². The summed E-state index contributed by atoms with van der Waals surface area (Å²) in [6.07, 6.45) is 0. The minimum atomic E-state index is -0.509. The van der Waals surface area contributed by atoms with Crippen LogP contribution in [0.4, 0.5) is 0 Å². The van der Waals surface area contributed by atoms with Crippen LogP contribution in [0, 0.1) is 0 Å². The van der Waals surface area contributed by atoms with Gasteiger partial charge in [0.25, 0.3) is 0 Å². The molecule has 0 radical (unpaired) electrons. The van der Waals surface area contributed by atoms with Gasteiger partial charge in [0.15, 0.2) is 0 Å². The van der Waals surface area contributed by atoms with Crippen LogP contribution in [0.2, 0.25) is 0 Å². The Kier molecular flexibility index (Phi) is 6.38. The first kappa shape index (κ1) is 30.7. The molecule has 0 amide bonds. The quantitative estimate of drug-likeness (QED) is 0.181. The van der Waals surface area contributed by atoms with E-state index in [1.54, 1.807) is 11.3 Å². The number of rotatable bonds is 4. The molecule has 1 heterocycles. The molecule has 1 spiro atoms. The highest BCUT2D eigenvalue weighted by molar-refractivity contribution is 7.17. The molecule has 2 nitrogen and oxygen atoms in total. The Morgan fingerprint density at radius 1 is 0.309 bits per heavy atom. The van der Waals surface area contributed by atoms with Crippen LogP contribution in [0.25, 0.3) is 54.5 Å². The Hall–Kier alpha value is -6.68. The summed E-state index contributed by atoms with van der Waals surface area (Å²) in [7, 11) is 0. The third-order valence-electron chi connectivity index (χ3n) is 12.4. The first-order valence-electron chi connectivity index (χ1n) is 18.9. The average Bonchev–Trinajstić information content (AvgIpc) is 3.96. The molecular formula is C52H32N2S. The van der Waals surface area contributed by atoms with Crippen LogP contribution in [-0.4, -0.2) is 10.2 Å².